The van der Waals surface area contributed by atoms with E-state index in [0.29, 0.717) is 6.04 Å². The first kappa shape index (κ1) is 15.8. The molecule has 2 aromatic rings. The lowest BCUT2D eigenvalue weighted by Gasteiger charge is -2.13. The fourth-order valence-electron chi connectivity index (χ4n) is 1.65. The van der Waals surface area contributed by atoms with Crippen molar-refractivity contribution in [3.05, 3.63) is 51.6 Å². The number of pyridine rings is 1. The second kappa shape index (κ2) is 7.46. The Balaban J connectivity index is 2.23. The number of nitrogens with one attached hydrogen (secondary N) is 1. The molecule has 0 aliphatic heterocycles. The second-order valence-corrected chi connectivity index (χ2v) is 7.03. The van der Waals surface area contributed by atoms with Crippen LogP contribution in [0.4, 0.5) is 0 Å². The number of benzene rings is 1. The van der Waals surface area contributed by atoms with Crippen LogP contribution in [-0.2, 0) is 6.54 Å². The maximum absolute atomic E-state index is 6.34. The Kier molecular flexibility index (Phi) is 5.90. The van der Waals surface area contributed by atoms with Gasteiger partial charge in [0.25, 0.3) is 0 Å². The zero-order valence-electron chi connectivity index (χ0n) is 11.4. The van der Waals surface area contributed by atoms with Crippen LogP contribution >= 0.6 is 39.3 Å². The summed E-state index contributed by atoms with van der Waals surface area (Å²) in [7, 11) is 0. The molecule has 0 saturated heterocycles. The van der Waals surface area contributed by atoms with Gasteiger partial charge in [-0.15, -0.1) is 0 Å². The summed E-state index contributed by atoms with van der Waals surface area (Å²) in [5.41, 5.74) is 1.20. The number of hydrogen-bond donors (Lipinski definition) is 1. The number of hydrogen-bond acceptors (Lipinski definition) is 3. The summed E-state index contributed by atoms with van der Waals surface area (Å²) in [6.07, 6.45) is 1.80. The average molecular weight is 372 g/mol. The second-order valence-electron chi connectivity index (χ2n) is 4.68. The first-order valence-electron chi connectivity index (χ1n) is 6.36. The van der Waals surface area contributed by atoms with E-state index in [-0.39, 0.29) is 0 Å². The van der Waals surface area contributed by atoms with E-state index in [4.69, 9.17) is 11.6 Å². The van der Waals surface area contributed by atoms with Gasteiger partial charge in [-0.25, -0.2) is 4.98 Å². The van der Waals surface area contributed by atoms with Gasteiger partial charge in [-0.1, -0.05) is 49.3 Å². The summed E-state index contributed by atoms with van der Waals surface area (Å²) >= 11 is 11.3. The molecule has 1 aromatic heterocycles. The zero-order valence-corrected chi connectivity index (χ0v) is 14.5. The summed E-state index contributed by atoms with van der Waals surface area (Å²) < 4.78 is 0.975. The Labute approximate surface area is 137 Å². The highest BCUT2D eigenvalue weighted by Gasteiger charge is 2.10. The third-order valence-electron chi connectivity index (χ3n) is 2.66. The minimum Gasteiger partial charge on any atom is -0.310 e. The lowest BCUT2D eigenvalue weighted by atomic mass is 10.2. The molecule has 0 atom stereocenters. The molecular formula is C15H16BrClN2S. The van der Waals surface area contributed by atoms with Crippen molar-refractivity contribution in [2.45, 2.75) is 36.4 Å². The van der Waals surface area contributed by atoms with Crippen molar-refractivity contribution in [2.24, 2.45) is 0 Å². The van der Waals surface area contributed by atoms with Gasteiger partial charge in [0, 0.05) is 28.2 Å². The van der Waals surface area contributed by atoms with Gasteiger partial charge in [-0.3, -0.25) is 0 Å². The van der Waals surface area contributed by atoms with Crippen molar-refractivity contribution < 1.29 is 0 Å². The molecule has 0 radical (unpaired) electrons. The fourth-order valence-corrected chi connectivity index (χ4v) is 3.08. The fraction of sp³-hybridized carbons (Fsp3) is 0.267. The van der Waals surface area contributed by atoms with Crippen LogP contribution in [-0.4, -0.2) is 11.0 Å². The van der Waals surface area contributed by atoms with Crippen LogP contribution in [0.25, 0.3) is 0 Å². The highest BCUT2D eigenvalue weighted by molar-refractivity contribution is 9.10. The number of halogens is 2. The molecule has 2 rings (SSSR count). The van der Waals surface area contributed by atoms with E-state index in [1.807, 2.05) is 24.3 Å². The molecule has 0 bridgehead atoms. The van der Waals surface area contributed by atoms with E-state index in [2.05, 4.69) is 46.1 Å². The predicted molar refractivity (Wildman–Crippen MR) is 89.5 cm³/mol. The van der Waals surface area contributed by atoms with Crippen LogP contribution in [0.2, 0.25) is 5.02 Å². The van der Waals surface area contributed by atoms with Gasteiger partial charge < -0.3 is 5.32 Å². The van der Waals surface area contributed by atoms with Gasteiger partial charge in [0.1, 0.15) is 5.03 Å². The van der Waals surface area contributed by atoms with Crippen LogP contribution < -0.4 is 5.32 Å². The smallest absolute Gasteiger partial charge is 0.101 e. The van der Waals surface area contributed by atoms with Gasteiger partial charge in [-0.2, -0.15) is 0 Å². The monoisotopic (exact) mass is 370 g/mol. The molecule has 1 heterocycles. The molecule has 0 saturated carbocycles. The summed E-state index contributed by atoms with van der Waals surface area (Å²) in [6.45, 7) is 5.07. The molecule has 106 valence electrons. The Hall–Kier alpha value is -0.550. The van der Waals surface area contributed by atoms with Gasteiger partial charge in [0.15, 0.2) is 0 Å². The number of aromatic nitrogens is 1. The van der Waals surface area contributed by atoms with Crippen molar-refractivity contribution in [2.75, 3.05) is 0 Å². The maximum atomic E-state index is 6.34. The van der Waals surface area contributed by atoms with Crippen LogP contribution in [0.5, 0.6) is 0 Å². The Morgan fingerprint density at radius 1 is 1.30 bits per heavy atom. The lowest BCUT2D eigenvalue weighted by Crippen LogP contribution is -2.22. The van der Waals surface area contributed by atoms with Crippen molar-refractivity contribution in [1.82, 2.24) is 10.3 Å². The lowest BCUT2D eigenvalue weighted by molar-refractivity contribution is 0.585. The van der Waals surface area contributed by atoms with E-state index in [1.54, 1.807) is 18.0 Å². The normalized spacial score (nSPS) is 11.1. The SMILES string of the molecule is CC(C)NCc1cccc(Cl)c1Sc1ccc(Br)cn1. The molecule has 0 amide bonds. The largest absolute Gasteiger partial charge is 0.310 e. The molecule has 1 aromatic carbocycles. The molecule has 1 N–H and O–H groups in total. The predicted octanol–water partition coefficient (Wildman–Crippen LogP) is 5.15. The molecule has 0 fully saturated rings. The maximum Gasteiger partial charge on any atom is 0.101 e. The van der Waals surface area contributed by atoms with Crippen molar-refractivity contribution in [3.8, 4) is 0 Å². The Bertz CT molecular complexity index is 573. The quantitative estimate of drug-likeness (QED) is 0.787. The topological polar surface area (TPSA) is 24.9 Å². The van der Waals surface area contributed by atoms with Crippen LogP contribution in [0, 0.1) is 0 Å². The van der Waals surface area contributed by atoms with Gasteiger partial charge in [0.2, 0.25) is 0 Å². The summed E-state index contributed by atoms with van der Waals surface area (Å²) in [5, 5.41) is 5.13. The highest BCUT2D eigenvalue weighted by atomic mass is 79.9. The molecule has 20 heavy (non-hydrogen) atoms. The third kappa shape index (κ3) is 4.48. The van der Waals surface area contributed by atoms with Crippen molar-refractivity contribution >= 4 is 39.3 Å². The number of rotatable bonds is 5. The molecule has 0 spiro atoms. The van der Waals surface area contributed by atoms with E-state index in [1.165, 1.54) is 5.56 Å². The van der Waals surface area contributed by atoms with Gasteiger partial charge >= 0.3 is 0 Å². The molecule has 5 heteroatoms. The van der Waals surface area contributed by atoms with Crippen molar-refractivity contribution in [1.29, 1.82) is 0 Å². The highest BCUT2D eigenvalue weighted by Crippen LogP contribution is 2.35. The first-order chi connectivity index (χ1) is 9.56. The van der Waals surface area contributed by atoms with Crippen LogP contribution in [0.15, 0.2) is 50.9 Å². The van der Waals surface area contributed by atoms with Crippen LogP contribution in [0.1, 0.15) is 19.4 Å². The summed E-state index contributed by atoms with van der Waals surface area (Å²) in [5.74, 6) is 0. The summed E-state index contributed by atoms with van der Waals surface area (Å²) in [6, 6.07) is 10.4. The van der Waals surface area contributed by atoms with Gasteiger partial charge in [-0.05, 0) is 39.7 Å². The van der Waals surface area contributed by atoms with E-state index < -0.39 is 0 Å². The minimum absolute atomic E-state index is 0.442. The number of nitrogens with zero attached hydrogens (tertiary/aromatic N) is 1. The summed E-state index contributed by atoms with van der Waals surface area (Å²) in [4.78, 5) is 5.45. The Morgan fingerprint density at radius 2 is 2.10 bits per heavy atom. The molecule has 0 unspecified atom stereocenters. The molecular weight excluding hydrogens is 356 g/mol. The van der Waals surface area contributed by atoms with Gasteiger partial charge in [0.05, 0.1) is 5.02 Å². The minimum atomic E-state index is 0.442. The molecule has 2 nitrogen and oxygen atoms in total. The standard InChI is InChI=1S/C15H16BrClN2S/c1-10(2)18-8-11-4-3-5-13(17)15(11)20-14-7-6-12(16)9-19-14/h3-7,9-10,18H,8H2,1-2H3. The molecule has 0 aliphatic rings. The molecule has 0 aliphatic carbocycles. The van der Waals surface area contributed by atoms with Crippen LogP contribution in [0.3, 0.4) is 0 Å². The average Bonchev–Trinajstić information content (AvgIpc) is 2.41. The third-order valence-corrected chi connectivity index (χ3v) is 4.69. The zero-order chi connectivity index (χ0) is 14.5. The Morgan fingerprint density at radius 3 is 2.75 bits per heavy atom. The van der Waals surface area contributed by atoms with E-state index in [9.17, 15) is 0 Å². The van der Waals surface area contributed by atoms with E-state index in [0.717, 1.165) is 26.0 Å². The van der Waals surface area contributed by atoms with E-state index >= 15 is 0 Å². The van der Waals surface area contributed by atoms with Crippen molar-refractivity contribution in [3.63, 3.8) is 0 Å². The first-order valence-corrected chi connectivity index (χ1v) is 8.35.